The van der Waals surface area contributed by atoms with E-state index < -0.39 is 5.60 Å². The first-order valence-electron chi connectivity index (χ1n) is 8.86. The van der Waals surface area contributed by atoms with Crippen LogP contribution in [-0.2, 0) is 17.4 Å². The van der Waals surface area contributed by atoms with Crippen molar-refractivity contribution >= 4 is 32.6 Å². The molecule has 1 fully saturated rings. The van der Waals surface area contributed by atoms with Gasteiger partial charge in [-0.05, 0) is 31.2 Å². The molecule has 138 valence electrons. The molecule has 0 amide bonds. The third-order valence-electron chi connectivity index (χ3n) is 5.44. The van der Waals surface area contributed by atoms with E-state index in [0.717, 1.165) is 37.4 Å². The van der Waals surface area contributed by atoms with Crippen molar-refractivity contribution in [3.63, 3.8) is 0 Å². The van der Waals surface area contributed by atoms with E-state index in [2.05, 4.69) is 28.3 Å². The van der Waals surface area contributed by atoms with Crippen LogP contribution in [0.2, 0.25) is 0 Å². The summed E-state index contributed by atoms with van der Waals surface area (Å²) in [4.78, 5) is 11.1. The molecule has 4 aromatic heterocycles. The Hall–Kier alpha value is -2.35. The molecule has 1 N–H and O–H groups in total. The molecule has 0 atom stereocenters. The van der Waals surface area contributed by atoms with E-state index in [1.54, 1.807) is 23.1 Å². The fourth-order valence-electron chi connectivity index (χ4n) is 3.98. The van der Waals surface area contributed by atoms with Crippen LogP contribution >= 0.6 is 11.3 Å². The van der Waals surface area contributed by atoms with Crippen LogP contribution in [0.5, 0.6) is 0 Å². The van der Waals surface area contributed by atoms with E-state index >= 15 is 0 Å². The number of hydrogen-bond acceptors (Lipinski definition) is 6. The summed E-state index contributed by atoms with van der Waals surface area (Å²) >= 11 is 1.55. The van der Waals surface area contributed by atoms with Gasteiger partial charge in [-0.1, -0.05) is 0 Å². The van der Waals surface area contributed by atoms with Gasteiger partial charge in [0.1, 0.15) is 10.4 Å². The number of aliphatic hydroxyl groups is 1. The van der Waals surface area contributed by atoms with Gasteiger partial charge in [-0.15, -0.1) is 11.3 Å². The van der Waals surface area contributed by atoms with E-state index in [1.165, 1.54) is 0 Å². The Labute approximate surface area is 160 Å². The van der Waals surface area contributed by atoms with E-state index in [1.807, 2.05) is 32.4 Å². The summed E-state index contributed by atoms with van der Waals surface area (Å²) in [5.41, 5.74) is 1.51. The van der Waals surface area contributed by atoms with Crippen LogP contribution in [0.4, 0.5) is 0 Å². The second-order valence-electron chi connectivity index (χ2n) is 7.68. The summed E-state index contributed by atoms with van der Waals surface area (Å²) < 4.78 is 7.25. The molecule has 4 heterocycles. The SMILES string of the molecule is COC1(C)CC(O)(c2cc3ccc(-c4cnc5nn(C)cc5c4)nc3s2)C1. The van der Waals surface area contributed by atoms with Gasteiger partial charge < -0.3 is 9.84 Å². The predicted octanol–water partition coefficient (Wildman–Crippen LogP) is 3.63. The number of ether oxygens (including phenoxy) is 1. The Balaban J connectivity index is 1.52. The van der Waals surface area contributed by atoms with Gasteiger partial charge >= 0.3 is 0 Å². The lowest BCUT2D eigenvalue weighted by Crippen LogP contribution is -2.53. The van der Waals surface area contributed by atoms with Crippen molar-refractivity contribution in [2.75, 3.05) is 7.11 Å². The van der Waals surface area contributed by atoms with Crippen LogP contribution in [0.25, 0.3) is 32.5 Å². The number of hydrogen-bond donors (Lipinski definition) is 1. The Morgan fingerprint density at radius 3 is 2.81 bits per heavy atom. The first-order chi connectivity index (χ1) is 12.9. The maximum absolute atomic E-state index is 10.9. The number of methoxy groups -OCH3 is 1. The number of aryl methyl sites for hydroxylation is 1. The maximum Gasteiger partial charge on any atom is 0.181 e. The highest BCUT2D eigenvalue weighted by Crippen LogP contribution is 2.52. The molecule has 1 saturated carbocycles. The summed E-state index contributed by atoms with van der Waals surface area (Å²) in [5, 5.41) is 17.3. The molecular formula is C20H20N4O2S. The summed E-state index contributed by atoms with van der Waals surface area (Å²) in [6.45, 7) is 2.03. The van der Waals surface area contributed by atoms with Crippen LogP contribution in [0.1, 0.15) is 24.6 Å². The van der Waals surface area contributed by atoms with Crippen LogP contribution in [0.3, 0.4) is 0 Å². The van der Waals surface area contributed by atoms with Crippen LogP contribution in [-0.4, -0.2) is 37.6 Å². The van der Waals surface area contributed by atoms with Gasteiger partial charge in [0.15, 0.2) is 5.65 Å². The molecule has 4 aromatic rings. The van der Waals surface area contributed by atoms with Crippen molar-refractivity contribution in [1.29, 1.82) is 0 Å². The lowest BCUT2D eigenvalue weighted by Gasteiger charge is -2.50. The number of nitrogens with zero attached hydrogens (tertiary/aromatic N) is 4. The number of fused-ring (bicyclic) bond motifs is 2. The molecule has 6 nitrogen and oxygen atoms in total. The van der Waals surface area contributed by atoms with Gasteiger partial charge in [-0.25, -0.2) is 9.97 Å². The Morgan fingerprint density at radius 1 is 1.22 bits per heavy atom. The summed E-state index contributed by atoms with van der Waals surface area (Å²) in [6.07, 6.45) is 4.98. The minimum Gasteiger partial charge on any atom is -0.384 e. The Bertz CT molecular complexity index is 1170. The van der Waals surface area contributed by atoms with Crippen molar-refractivity contribution in [3.8, 4) is 11.3 Å². The molecule has 0 spiro atoms. The molecule has 0 unspecified atom stereocenters. The average molecular weight is 380 g/mol. The molecule has 0 aromatic carbocycles. The topological polar surface area (TPSA) is 73.1 Å². The molecule has 1 aliphatic carbocycles. The Kier molecular flexibility index (Phi) is 3.47. The Morgan fingerprint density at radius 2 is 2.04 bits per heavy atom. The highest BCUT2D eigenvalue weighted by atomic mass is 32.1. The fourth-order valence-corrected chi connectivity index (χ4v) is 5.10. The largest absolute Gasteiger partial charge is 0.384 e. The molecule has 0 radical (unpaired) electrons. The second-order valence-corrected chi connectivity index (χ2v) is 8.71. The minimum atomic E-state index is -0.813. The number of aromatic nitrogens is 4. The van der Waals surface area contributed by atoms with Gasteiger partial charge in [0.05, 0.1) is 11.3 Å². The summed E-state index contributed by atoms with van der Waals surface area (Å²) in [6, 6.07) is 8.17. The van der Waals surface area contributed by atoms with Crippen molar-refractivity contribution < 1.29 is 9.84 Å². The molecule has 7 heteroatoms. The zero-order chi connectivity index (χ0) is 18.8. The number of rotatable bonds is 3. The van der Waals surface area contributed by atoms with E-state index in [0.29, 0.717) is 12.8 Å². The summed E-state index contributed by atoms with van der Waals surface area (Å²) in [7, 11) is 3.59. The molecule has 27 heavy (non-hydrogen) atoms. The van der Waals surface area contributed by atoms with Crippen molar-refractivity contribution in [2.24, 2.45) is 7.05 Å². The molecule has 1 aliphatic rings. The zero-order valence-corrected chi connectivity index (χ0v) is 16.2. The van der Waals surface area contributed by atoms with E-state index in [4.69, 9.17) is 9.72 Å². The molecule has 5 rings (SSSR count). The van der Waals surface area contributed by atoms with Crippen LogP contribution < -0.4 is 0 Å². The van der Waals surface area contributed by atoms with Crippen molar-refractivity contribution in [1.82, 2.24) is 19.7 Å². The zero-order valence-electron chi connectivity index (χ0n) is 15.4. The normalized spacial score (nSPS) is 25.2. The van der Waals surface area contributed by atoms with Crippen LogP contribution in [0.15, 0.2) is 36.7 Å². The molecule has 0 saturated heterocycles. The first-order valence-corrected chi connectivity index (χ1v) is 9.68. The number of thiophene rings is 1. The maximum atomic E-state index is 10.9. The van der Waals surface area contributed by atoms with E-state index in [-0.39, 0.29) is 5.60 Å². The second kappa shape index (κ2) is 5.58. The van der Waals surface area contributed by atoms with Crippen molar-refractivity contribution in [3.05, 3.63) is 41.5 Å². The highest BCUT2D eigenvalue weighted by molar-refractivity contribution is 7.18. The van der Waals surface area contributed by atoms with Crippen molar-refractivity contribution in [2.45, 2.75) is 31.0 Å². The minimum absolute atomic E-state index is 0.242. The smallest absolute Gasteiger partial charge is 0.181 e. The number of pyridine rings is 2. The van der Waals surface area contributed by atoms with Gasteiger partial charge in [0, 0.05) is 60.6 Å². The quantitative estimate of drug-likeness (QED) is 0.587. The first kappa shape index (κ1) is 16.8. The average Bonchev–Trinajstić information content (AvgIpc) is 3.21. The molecule has 0 aliphatic heterocycles. The third-order valence-corrected chi connectivity index (χ3v) is 6.67. The highest BCUT2D eigenvalue weighted by Gasteiger charge is 2.53. The van der Waals surface area contributed by atoms with Gasteiger partial charge in [0.25, 0.3) is 0 Å². The van der Waals surface area contributed by atoms with Gasteiger partial charge in [-0.3, -0.25) is 4.68 Å². The fraction of sp³-hybridized carbons (Fsp3) is 0.350. The van der Waals surface area contributed by atoms with Gasteiger partial charge in [0.2, 0.25) is 0 Å². The lowest BCUT2D eigenvalue weighted by molar-refractivity contribution is -0.189. The van der Waals surface area contributed by atoms with Crippen LogP contribution in [0, 0.1) is 0 Å². The van der Waals surface area contributed by atoms with E-state index in [9.17, 15) is 5.11 Å². The molecule has 0 bridgehead atoms. The lowest BCUT2D eigenvalue weighted by atomic mass is 9.67. The monoisotopic (exact) mass is 380 g/mol. The summed E-state index contributed by atoms with van der Waals surface area (Å²) in [5.74, 6) is 0. The third kappa shape index (κ3) is 2.65. The standard InChI is InChI=1S/C20H20N4O2S/c1-19(26-3)10-20(25,11-19)16-7-12-4-5-15(22-18(12)27-16)13-6-14-9-24(2)23-17(14)21-8-13/h4-9,25H,10-11H2,1-3H3. The van der Waals surface area contributed by atoms with Gasteiger partial charge in [-0.2, -0.15) is 5.10 Å². The molecular weight excluding hydrogens is 360 g/mol. The predicted molar refractivity (Wildman–Crippen MR) is 106 cm³/mol.